The molecule has 0 rings (SSSR count). The van der Waals surface area contributed by atoms with Crippen LogP contribution in [0.5, 0.6) is 0 Å². The maximum atomic E-state index is 9.17. The maximum Gasteiger partial charge on any atom is 0.0897 e. The number of hydrogen-bond donors (Lipinski definition) is 2. The molecule has 0 aliphatic carbocycles. The van der Waals surface area contributed by atoms with Gasteiger partial charge in [-0.3, -0.25) is 0 Å². The van der Waals surface area contributed by atoms with E-state index in [1.807, 2.05) is 6.92 Å². The molecule has 0 saturated heterocycles. The van der Waals surface area contributed by atoms with Gasteiger partial charge < -0.3 is 15.2 Å². The summed E-state index contributed by atoms with van der Waals surface area (Å²) in [4.78, 5) is 0. The summed E-state index contributed by atoms with van der Waals surface area (Å²) in [6, 6.07) is 0. The third kappa shape index (κ3) is 7.52. The summed E-state index contributed by atoms with van der Waals surface area (Å²) in [6.07, 6.45) is 1.22. The van der Waals surface area contributed by atoms with Gasteiger partial charge >= 0.3 is 0 Å². The zero-order chi connectivity index (χ0) is 8.53. The number of rotatable bonds is 7. The standard InChI is InChI=1S/C8H16NO2/c1-3-5-11-7-8(10)6-9-4-2/h3-4,8-10H,1,5-7H2,2H3. The van der Waals surface area contributed by atoms with Crippen LogP contribution in [0.1, 0.15) is 6.92 Å². The minimum absolute atomic E-state index is 0.354. The molecule has 0 spiro atoms. The molecule has 0 aromatic heterocycles. The molecule has 3 nitrogen and oxygen atoms in total. The number of hydrogen-bond acceptors (Lipinski definition) is 3. The molecule has 0 aliphatic rings. The van der Waals surface area contributed by atoms with Crippen molar-refractivity contribution in [1.82, 2.24) is 5.32 Å². The smallest absolute Gasteiger partial charge is 0.0897 e. The van der Waals surface area contributed by atoms with Crippen molar-refractivity contribution in [3.05, 3.63) is 19.2 Å². The van der Waals surface area contributed by atoms with E-state index in [1.165, 1.54) is 0 Å². The predicted octanol–water partition coefficient (Wildman–Crippen LogP) is 0.321. The number of ether oxygens (including phenoxy) is 1. The minimum atomic E-state index is -0.439. The zero-order valence-electron chi connectivity index (χ0n) is 6.92. The molecule has 11 heavy (non-hydrogen) atoms. The first-order chi connectivity index (χ1) is 5.31. The van der Waals surface area contributed by atoms with E-state index < -0.39 is 6.10 Å². The lowest BCUT2D eigenvalue weighted by Crippen LogP contribution is -2.28. The first-order valence-corrected chi connectivity index (χ1v) is 3.69. The Hall–Kier alpha value is -0.380. The van der Waals surface area contributed by atoms with Crippen LogP contribution in [0.3, 0.4) is 0 Å². The SMILES string of the molecule is C=CCOCC(O)CN[CH]C. The molecule has 0 bridgehead atoms. The first kappa shape index (κ1) is 10.6. The van der Waals surface area contributed by atoms with Crippen LogP contribution in [0, 0.1) is 6.54 Å². The lowest BCUT2D eigenvalue weighted by Gasteiger charge is -2.09. The Morgan fingerprint density at radius 3 is 3.00 bits per heavy atom. The van der Waals surface area contributed by atoms with Crippen LogP contribution in [0.2, 0.25) is 0 Å². The largest absolute Gasteiger partial charge is 0.389 e. The Labute approximate surface area is 68.1 Å². The fraction of sp³-hybridized carbons (Fsp3) is 0.625. The molecule has 1 unspecified atom stereocenters. The average molecular weight is 158 g/mol. The molecule has 0 aromatic rings. The Kier molecular flexibility index (Phi) is 7.46. The van der Waals surface area contributed by atoms with Gasteiger partial charge in [-0.1, -0.05) is 6.08 Å². The van der Waals surface area contributed by atoms with Gasteiger partial charge in [-0.2, -0.15) is 0 Å². The van der Waals surface area contributed by atoms with Crippen LogP contribution >= 0.6 is 0 Å². The van der Waals surface area contributed by atoms with E-state index in [9.17, 15) is 0 Å². The molecular formula is C8H16NO2. The van der Waals surface area contributed by atoms with Crippen LogP contribution in [-0.2, 0) is 4.74 Å². The Morgan fingerprint density at radius 2 is 2.45 bits per heavy atom. The molecule has 0 saturated carbocycles. The normalized spacial score (nSPS) is 12.9. The molecule has 0 fully saturated rings. The van der Waals surface area contributed by atoms with Crippen LogP contribution in [0.25, 0.3) is 0 Å². The fourth-order valence-corrected chi connectivity index (χ4v) is 0.600. The van der Waals surface area contributed by atoms with E-state index in [1.54, 1.807) is 12.6 Å². The summed E-state index contributed by atoms with van der Waals surface area (Å²) in [5.74, 6) is 0. The fourth-order valence-electron chi connectivity index (χ4n) is 0.600. The van der Waals surface area contributed by atoms with Gasteiger partial charge in [-0.15, -0.1) is 6.58 Å². The molecule has 0 aliphatic heterocycles. The summed E-state index contributed by atoms with van der Waals surface area (Å²) >= 11 is 0. The highest BCUT2D eigenvalue weighted by molar-refractivity contribution is 4.66. The average Bonchev–Trinajstić information content (AvgIpc) is 2.01. The monoisotopic (exact) mass is 158 g/mol. The maximum absolute atomic E-state index is 9.17. The molecule has 0 heterocycles. The highest BCUT2D eigenvalue weighted by atomic mass is 16.5. The first-order valence-electron chi connectivity index (χ1n) is 3.69. The Balaban J connectivity index is 3.08. The topological polar surface area (TPSA) is 41.5 Å². The van der Waals surface area contributed by atoms with E-state index >= 15 is 0 Å². The van der Waals surface area contributed by atoms with Crippen LogP contribution in [0.15, 0.2) is 12.7 Å². The highest BCUT2D eigenvalue weighted by Crippen LogP contribution is 1.84. The van der Waals surface area contributed by atoms with Gasteiger partial charge in [0.15, 0.2) is 0 Å². The second kappa shape index (κ2) is 7.72. The van der Waals surface area contributed by atoms with E-state index in [-0.39, 0.29) is 0 Å². The molecule has 2 N–H and O–H groups in total. The Bertz CT molecular complexity index is 96.1. The quantitative estimate of drug-likeness (QED) is 0.414. The van der Waals surface area contributed by atoms with Crippen molar-refractivity contribution >= 4 is 0 Å². The second-order valence-electron chi connectivity index (χ2n) is 2.18. The minimum Gasteiger partial charge on any atom is -0.389 e. The summed E-state index contributed by atoms with van der Waals surface area (Å²) in [7, 11) is 0. The van der Waals surface area contributed by atoms with Gasteiger partial charge in [0, 0.05) is 13.1 Å². The molecular weight excluding hydrogens is 142 g/mol. The lowest BCUT2D eigenvalue weighted by molar-refractivity contribution is 0.0507. The summed E-state index contributed by atoms with van der Waals surface area (Å²) < 4.78 is 5.02. The summed E-state index contributed by atoms with van der Waals surface area (Å²) in [6.45, 7) is 8.53. The van der Waals surface area contributed by atoms with E-state index in [2.05, 4.69) is 11.9 Å². The van der Waals surface area contributed by atoms with E-state index in [0.29, 0.717) is 19.8 Å². The van der Waals surface area contributed by atoms with Crippen LogP contribution in [-0.4, -0.2) is 31.0 Å². The van der Waals surface area contributed by atoms with Crippen LogP contribution < -0.4 is 5.32 Å². The number of nitrogens with one attached hydrogen (secondary N) is 1. The Morgan fingerprint density at radius 1 is 1.73 bits per heavy atom. The molecule has 3 heteroatoms. The molecule has 65 valence electrons. The third-order valence-electron chi connectivity index (χ3n) is 1.10. The molecule has 1 radical (unpaired) electrons. The van der Waals surface area contributed by atoms with Crippen molar-refractivity contribution in [1.29, 1.82) is 0 Å². The van der Waals surface area contributed by atoms with Gasteiger partial charge in [0.05, 0.1) is 19.3 Å². The molecule has 1 atom stereocenters. The van der Waals surface area contributed by atoms with Crippen LogP contribution in [0.4, 0.5) is 0 Å². The lowest BCUT2D eigenvalue weighted by atomic mass is 10.4. The van der Waals surface area contributed by atoms with Gasteiger partial charge in [0.2, 0.25) is 0 Å². The van der Waals surface area contributed by atoms with Crippen molar-refractivity contribution in [3.63, 3.8) is 0 Å². The number of aliphatic hydroxyl groups excluding tert-OH is 1. The number of aliphatic hydroxyl groups is 1. The van der Waals surface area contributed by atoms with Gasteiger partial charge in [-0.05, 0) is 6.92 Å². The third-order valence-corrected chi connectivity index (χ3v) is 1.10. The van der Waals surface area contributed by atoms with E-state index in [0.717, 1.165) is 0 Å². The van der Waals surface area contributed by atoms with Crippen molar-refractivity contribution in [2.75, 3.05) is 19.8 Å². The second-order valence-corrected chi connectivity index (χ2v) is 2.18. The van der Waals surface area contributed by atoms with Crippen molar-refractivity contribution < 1.29 is 9.84 Å². The predicted molar refractivity (Wildman–Crippen MR) is 45.0 cm³/mol. The van der Waals surface area contributed by atoms with Crippen molar-refractivity contribution in [3.8, 4) is 0 Å². The summed E-state index contributed by atoms with van der Waals surface area (Å²) in [5, 5.41) is 12.1. The van der Waals surface area contributed by atoms with Gasteiger partial charge in [-0.25, -0.2) is 0 Å². The van der Waals surface area contributed by atoms with Crippen molar-refractivity contribution in [2.45, 2.75) is 13.0 Å². The zero-order valence-corrected chi connectivity index (χ0v) is 6.92. The van der Waals surface area contributed by atoms with Crippen molar-refractivity contribution in [2.24, 2.45) is 0 Å². The summed E-state index contributed by atoms with van der Waals surface area (Å²) in [5.41, 5.74) is 0. The highest BCUT2D eigenvalue weighted by Gasteiger charge is 2.00. The van der Waals surface area contributed by atoms with Gasteiger partial charge in [0.25, 0.3) is 0 Å². The molecule has 0 aromatic carbocycles. The van der Waals surface area contributed by atoms with E-state index in [4.69, 9.17) is 9.84 Å². The molecule has 0 amide bonds. The van der Waals surface area contributed by atoms with Gasteiger partial charge in [0.1, 0.15) is 0 Å².